The summed E-state index contributed by atoms with van der Waals surface area (Å²) in [6.07, 6.45) is 5.92. The van der Waals surface area contributed by atoms with E-state index < -0.39 is 19.9 Å². The van der Waals surface area contributed by atoms with Crippen LogP contribution in [0.15, 0.2) is 30.6 Å². The smallest absolute Gasteiger partial charge is 0.314 e. The van der Waals surface area contributed by atoms with Gasteiger partial charge in [0.15, 0.2) is 0 Å². The summed E-state index contributed by atoms with van der Waals surface area (Å²) in [5.74, 6) is -1.05. The molecule has 0 spiro atoms. The van der Waals surface area contributed by atoms with Gasteiger partial charge < -0.3 is 30.6 Å². The fourth-order valence-electron chi connectivity index (χ4n) is 5.05. The zero-order valence-corrected chi connectivity index (χ0v) is 28.2. The summed E-state index contributed by atoms with van der Waals surface area (Å²) < 4.78 is 6.89. The number of aromatic nitrogens is 2. The lowest BCUT2D eigenvalue weighted by Gasteiger charge is -2.38. The Hall–Kier alpha value is -3.19. The van der Waals surface area contributed by atoms with Crippen LogP contribution >= 0.6 is 11.3 Å². The number of ether oxygens (including phenoxy) is 1. The topological polar surface area (TPSA) is 124 Å². The van der Waals surface area contributed by atoms with Gasteiger partial charge in [-0.25, -0.2) is 4.98 Å². The van der Waals surface area contributed by atoms with Gasteiger partial charge >= 0.3 is 11.8 Å². The first-order valence-electron chi connectivity index (χ1n) is 14.9. The van der Waals surface area contributed by atoms with Crippen LogP contribution in [0.25, 0.3) is 10.2 Å². The van der Waals surface area contributed by atoms with Gasteiger partial charge in [-0.2, -0.15) is 0 Å². The largest absolute Gasteiger partial charge is 0.362 e. The SMILES string of the molecule is CC(c1nc2cc([C@H]3CC[C@H](C)CN3C(=O)C(=O)Nc3cncc(C=N)c3NCOCC[Si](C)(C)C)ccc2s1)N(C)C. The van der Waals surface area contributed by atoms with Crippen molar-refractivity contribution in [1.29, 1.82) is 5.41 Å². The van der Waals surface area contributed by atoms with Gasteiger partial charge in [0.05, 0.1) is 39.9 Å². The molecule has 232 valence electrons. The molecule has 1 fully saturated rings. The van der Waals surface area contributed by atoms with E-state index in [4.69, 9.17) is 15.1 Å². The molecule has 0 radical (unpaired) electrons. The number of pyridine rings is 1. The predicted molar refractivity (Wildman–Crippen MR) is 178 cm³/mol. The second kappa shape index (κ2) is 14.1. The third kappa shape index (κ3) is 8.25. The van der Waals surface area contributed by atoms with E-state index in [9.17, 15) is 9.59 Å². The molecular formula is C31H45N7O3SSi. The molecule has 3 atom stereocenters. The third-order valence-corrected chi connectivity index (χ3v) is 10.9. The van der Waals surface area contributed by atoms with E-state index >= 15 is 0 Å². The molecule has 10 nitrogen and oxygen atoms in total. The van der Waals surface area contributed by atoms with Crippen molar-refractivity contribution in [2.75, 3.05) is 44.6 Å². The number of nitrogens with zero attached hydrogens (tertiary/aromatic N) is 4. The predicted octanol–water partition coefficient (Wildman–Crippen LogP) is 5.97. The van der Waals surface area contributed by atoms with Gasteiger partial charge in [-0.15, -0.1) is 11.3 Å². The van der Waals surface area contributed by atoms with Gasteiger partial charge in [0.1, 0.15) is 11.7 Å². The minimum atomic E-state index is -1.23. The monoisotopic (exact) mass is 623 g/mol. The number of thiazole rings is 1. The van der Waals surface area contributed by atoms with Crippen LogP contribution < -0.4 is 10.6 Å². The Bertz CT molecular complexity index is 1450. The first-order chi connectivity index (χ1) is 20.4. The van der Waals surface area contributed by atoms with Crippen molar-refractivity contribution < 1.29 is 14.3 Å². The van der Waals surface area contributed by atoms with Crippen molar-refractivity contribution in [3.8, 4) is 0 Å². The van der Waals surface area contributed by atoms with Crippen LogP contribution in [0.4, 0.5) is 11.4 Å². The molecule has 1 saturated heterocycles. The van der Waals surface area contributed by atoms with E-state index in [1.54, 1.807) is 16.2 Å². The highest BCUT2D eigenvalue weighted by molar-refractivity contribution is 7.18. The summed E-state index contributed by atoms with van der Waals surface area (Å²) in [5, 5.41) is 14.8. The third-order valence-electron chi connectivity index (χ3n) is 7.94. The molecule has 3 aromatic rings. The van der Waals surface area contributed by atoms with E-state index in [2.05, 4.69) is 72.2 Å². The minimum absolute atomic E-state index is 0.204. The Morgan fingerprint density at radius 1 is 1.26 bits per heavy atom. The van der Waals surface area contributed by atoms with Gasteiger partial charge in [0.25, 0.3) is 0 Å². The van der Waals surface area contributed by atoms with Crippen LogP contribution in [-0.2, 0) is 14.3 Å². The number of carbonyl (C=O) groups is 2. The van der Waals surface area contributed by atoms with Crippen molar-refractivity contribution in [2.45, 2.75) is 64.5 Å². The fraction of sp³-hybridized carbons (Fsp3) is 0.516. The number of hydrogen-bond acceptors (Lipinski definition) is 9. The molecule has 2 aromatic heterocycles. The molecule has 1 aromatic carbocycles. The number of rotatable bonds is 11. The first kappa shape index (κ1) is 32.7. The van der Waals surface area contributed by atoms with Crippen molar-refractivity contribution in [1.82, 2.24) is 19.8 Å². The first-order valence-corrected chi connectivity index (χ1v) is 19.4. The maximum absolute atomic E-state index is 13.7. The van der Waals surface area contributed by atoms with E-state index in [0.29, 0.717) is 30.1 Å². The molecule has 0 aliphatic carbocycles. The van der Waals surface area contributed by atoms with E-state index in [-0.39, 0.29) is 24.7 Å². The number of benzene rings is 1. The number of anilines is 2. The van der Waals surface area contributed by atoms with Crippen LogP contribution in [0.1, 0.15) is 54.9 Å². The fourth-order valence-corrected chi connectivity index (χ4v) is 6.90. The number of amides is 2. The Labute approximate surface area is 259 Å². The highest BCUT2D eigenvalue weighted by Gasteiger charge is 2.35. The molecule has 4 rings (SSSR count). The second-order valence-corrected chi connectivity index (χ2v) is 19.5. The van der Waals surface area contributed by atoms with Crippen molar-refractivity contribution >= 4 is 59.0 Å². The molecule has 0 bridgehead atoms. The molecule has 0 saturated carbocycles. The molecule has 3 N–H and O–H groups in total. The average Bonchev–Trinajstić information content (AvgIpc) is 3.39. The van der Waals surface area contributed by atoms with Gasteiger partial charge in [0, 0.05) is 39.2 Å². The number of likely N-dealkylation sites (tertiary alicyclic amines) is 1. The normalized spacial score (nSPS) is 18.1. The quantitative estimate of drug-likeness (QED) is 0.0790. The van der Waals surface area contributed by atoms with Crippen LogP contribution in [-0.4, -0.2) is 79.8 Å². The van der Waals surface area contributed by atoms with Crippen molar-refractivity contribution in [2.24, 2.45) is 5.92 Å². The number of carbonyl (C=O) groups excluding carboxylic acids is 2. The summed E-state index contributed by atoms with van der Waals surface area (Å²) in [4.78, 5) is 40.0. The number of fused-ring (bicyclic) bond motifs is 1. The maximum Gasteiger partial charge on any atom is 0.314 e. The second-order valence-electron chi connectivity index (χ2n) is 12.9. The summed E-state index contributed by atoms with van der Waals surface area (Å²) in [7, 11) is 2.86. The molecule has 1 aliphatic heterocycles. The maximum atomic E-state index is 13.7. The number of piperidine rings is 1. The zero-order chi connectivity index (χ0) is 31.3. The molecular weight excluding hydrogens is 579 g/mol. The Morgan fingerprint density at radius 3 is 2.72 bits per heavy atom. The molecule has 12 heteroatoms. The Kier molecular flexibility index (Phi) is 10.7. The lowest BCUT2D eigenvalue weighted by Crippen LogP contribution is -2.46. The molecule has 43 heavy (non-hydrogen) atoms. The zero-order valence-electron chi connectivity index (χ0n) is 26.4. The highest BCUT2D eigenvalue weighted by atomic mass is 32.1. The molecule has 3 heterocycles. The average molecular weight is 624 g/mol. The standard InChI is InChI=1S/C31H45N7O3SSi/c1-20-8-10-26(22-9-11-27-24(14-22)36-30(42-27)21(2)37(3)4)38(18-20)31(40)29(39)35-25-17-33-16-23(15-32)28(25)34-19-41-12-13-43(5,6)7/h9,11,14-17,20-21,26,32H,8,10,12-13,18-19H2,1-7H3,(H,33,34)(H,35,39)/t20-,21?,26+/m0/s1. The van der Waals surface area contributed by atoms with Crippen LogP contribution in [0, 0.1) is 11.3 Å². The van der Waals surface area contributed by atoms with Crippen molar-refractivity contribution in [3.05, 3.63) is 46.7 Å². The van der Waals surface area contributed by atoms with Crippen LogP contribution in [0.2, 0.25) is 25.7 Å². The van der Waals surface area contributed by atoms with Crippen LogP contribution in [0.3, 0.4) is 0 Å². The van der Waals surface area contributed by atoms with Crippen molar-refractivity contribution in [3.63, 3.8) is 0 Å². The lowest BCUT2D eigenvalue weighted by molar-refractivity contribution is -0.146. The lowest BCUT2D eigenvalue weighted by atomic mass is 9.89. The van der Waals surface area contributed by atoms with Gasteiger partial charge in [0.2, 0.25) is 0 Å². The van der Waals surface area contributed by atoms with E-state index in [0.717, 1.165) is 45.9 Å². The minimum Gasteiger partial charge on any atom is -0.362 e. The molecule has 2 amide bonds. The van der Waals surface area contributed by atoms with Gasteiger partial charge in [-0.3, -0.25) is 14.6 Å². The molecule has 1 unspecified atom stereocenters. The van der Waals surface area contributed by atoms with Gasteiger partial charge in [-0.1, -0.05) is 32.6 Å². The Balaban J connectivity index is 1.51. The van der Waals surface area contributed by atoms with Crippen LogP contribution in [0.5, 0.6) is 0 Å². The highest BCUT2D eigenvalue weighted by Crippen LogP contribution is 2.37. The summed E-state index contributed by atoms with van der Waals surface area (Å²) in [6.45, 7) is 12.4. The summed E-state index contributed by atoms with van der Waals surface area (Å²) >= 11 is 1.68. The Morgan fingerprint density at radius 2 is 2.02 bits per heavy atom. The summed E-state index contributed by atoms with van der Waals surface area (Å²) in [5.41, 5.74) is 3.22. The van der Waals surface area contributed by atoms with E-state index in [1.165, 1.54) is 12.4 Å². The summed E-state index contributed by atoms with van der Waals surface area (Å²) in [6, 6.07) is 7.21. The number of hydrogen-bond donors (Lipinski definition) is 3. The van der Waals surface area contributed by atoms with Gasteiger partial charge in [-0.05, 0) is 63.5 Å². The molecule has 1 aliphatic rings. The van der Waals surface area contributed by atoms with E-state index in [1.807, 2.05) is 14.1 Å². The number of nitrogens with one attached hydrogen (secondary N) is 3.